The number of piperidine rings is 1. The van der Waals surface area contributed by atoms with Gasteiger partial charge in [0.15, 0.2) is 0 Å². The Kier molecular flexibility index (Phi) is 6.31. The van der Waals surface area contributed by atoms with Gasteiger partial charge in [-0.05, 0) is 51.0 Å². The number of rotatable bonds is 6. The molecule has 4 fully saturated rings. The maximum Gasteiger partial charge on any atom is 0.325 e. The summed E-state index contributed by atoms with van der Waals surface area (Å²) in [6.07, 6.45) is 8.32. The summed E-state index contributed by atoms with van der Waals surface area (Å²) in [5, 5.41) is 6.49. The van der Waals surface area contributed by atoms with Gasteiger partial charge in [0.25, 0.3) is 5.91 Å². The fraction of sp³-hybridized carbons (Fsp3) is 0.842. The van der Waals surface area contributed by atoms with E-state index in [1.165, 1.54) is 17.7 Å². The largest absolute Gasteiger partial charge is 0.343 e. The van der Waals surface area contributed by atoms with Gasteiger partial charge >= 0.3 is 6.03 Å². The minimum atomic E-state index is -0.675. The van der Waals surface area contributed by atoms with E-state index in [4.69, 9.17) is 0 Å². The van der Waals surface area contributed by atoms with E-state index < -0.39 is 5.54 Å². The fourth-order valence-electron chi connectivity index (χ4n) is 4.55. The third kappa shape index (κ3) is 4.40. The molecule has 0 bridgehead atoms. The van der Waals surface area contributed by atoms with Crippen LogP contribution in [-0.4, -0.2) is 65.4 Å². The van der Waals surface area contributed by atoms with Crippen LogP contribution < -0.4 is 10.6 Å². The zero-order chi connectivity index (χ0) is 18.1. The van der Waals surface area contributed by atoms with Crippen molar-refractivity contribution in [2.45, 2.75) is 69.4 Å². The van der Waals surface area contributed by atoms with Crippen LogP contribution >= 0.6 is 12.4 Å². The molecule has 0 unspecified atom stereocenters. The molecule has 2 saturated carbocycles. The molecular formula is C19H31ClN4O3. The highest BCUT2D eigenvalue weighted by atomic mass is 35.5. The molecule has 2 aliphatic heterocycles. The van der Waals surface area contributed by atoms with E-state index in [9.17, 15) is 14.4 Å². The maximum absolute atomic E-state index is 12.6. The van der Waals surface area contributed by atoms with E-state index in [0.717, 1.165) is 64.1 Å². The van der Waals surface area contributed by atoms with Crippen LogP contribution in [0.25, 0.3) is 0 Å². The second-order valence-corrected chi connectivity index (χ2v) is 8.43. The SMILES string of the molecule is Cl.O=C(CCN1C(=O)NC2(CCCC2)C1=O)N1CCC(NCC2CC2)CC1. The summed E-state index contributed by atoms with van der Waals surface area (Å²) in [5.41, 5.74) is -0.675. The van der Waals surface area contributed by atoms with Crippen LogP contribution in [0, 0.1) is 5.92 Å². The standard InChI is InChI=1S/C19H30N4O3.ClH/c24-16(22-10-5-15(6-11-22)20-13-14-3-4-14)7-12-23-17(25)19(21-18(23)26)8-1-2-9-19;/h14-15,20H,1-13H2,(H,21,26);1H. The molecule has 27 heavy (non-hydrogen) atoms. The molecule has 0 aromatic carbocycles. The topological polar surface area (TPSA) is 81.8 Å². The number of hydrogen-bond acceptors (Lipinski definition) is 4. The van der Waals surface area contributed by atoms with Crippen LogP contribution in [0.4, 0.5) is 4.79 Å². The lowest BCUT2D eigenvalue weighted by Gasteiger charge is -2.33. The van der Waals surface area contributed by atoms with Gasteiger partial charge in [0.05, 0.1) is 0 Å². The van der Waals surface area contributed by atoms with Crippen molar-refractivity contribution in [1.82, 2.24) is 20.4 Å². The van der Waals surface area contributed by atoms with Gasteiger partial charge in [-0.15, -0.1) is 12.4 Å². The zero-order valence-electron chi connectivity index (χ0n) is 15.9. The van der Waals surface area contributed by atoms with Crippen molar-refractivity contribution in [1.29, 1.82) is 0 Å². The van der Waals surface area contributed by atoms with Crippen LogP contribution in [-0.2, 0) is 9.59 Å². The number of urea groups is 1. The van der Waals surface area contributed by atoms with E-state index in [-0.39, 0.29) is 43.2 Å². The quantitative estimate of drug-likeness (QED) is 0.666. The molecule has 2 aliphatic carbocycles. The average Bonchev–Trinajstić information content (AvgIpc) is 3.31. The molecule has 2 saturated heterocycles. The van der Waals surface area contributed by atoms with Crippen LogP contribution in [0.1, 0.15) is 57.8 Å². The first kappa shape index (κ1) is 20.4. The Morgan fingerprint density at radius 1 is 1.11 bits per heavy atom. The molecule has 0 radical (unpaired) electrons. The van der Waals surface area contributed by atoms with Gasteiger partial charge in [0.2, 0.25) is 5.91 Å². The van der Waals surface area contributed by atoms with Crippen molar-refractivity contribution in [2.75, 3.05) is 26.2 Å². The van der Waals surface area contributed by atoms with Gasteiger partial charge in [-0.1, -0.05) is 12.8 Å². The van der Waals surface area contributed by atoms with Crippen molar-refractivity contribution >= 4 is 30.3 Å². The Morgan fingerprint density at radius 2 is 1.78 bits per heavy atom. The van der Waals surface area contributed by atoms with Crippen LogP contribution in [0.3, 0.4) is 0 Å². The van der Waals surface area contributed by atoms with E-state index >= 15 is 0 Å². The first-order valence-electron chi connectivity index (χ1n) is 10.2. The van der Waals surface area contributed by atoms with Crippen molar-refractivity contribution in [3.63, 3.8) is 0 Å². The summed E-state index contributed by atoms with van der Waals surface area (Å²) in [5.74, 6) is 0.802. The number of carbonyl (C=O) groups excluding carboxylic acids is 3. The van der Waals surface area contributed by atoms with Gasteiger partial charge in [-0.2, -0.15) is 0 Å². The summed E-state index contributed by atoms with van der Waals surface area (Å²) in [6, 6.07) is 0.195. The lowest BCUT2D eigenvalue weighted by atomic mass is 9.98. The van der Waals surface area contributed by atoms with E-state index in [1.807, 2.05) is 4.90 Å². The highest BCUT2D eigenvalue weighted by Crippen LogP contribution is 2.35. The smallest absolute Gasteiger partial charge is 0.325 e. The van der Waals surface area contributed by atoms with Gasteiger partial charge in [0.1, 0.15) is 5.54 Å². The average molecular weight is 399 g/mol. The first-order valence-corrected chi connectivity index (χ1v) is 10.2. The monoisotopic (exact) mass is 398 g/mol. The predicted octanol–water partition coefficient (Wildman–Crippen LogP) is 1.65. The molecule has 4 amide bonds. The van der Waals surface area contributed by atoms with Crippen LogP contribution in [0.15, 0.2) is 0 Å². The molecule has 8 heteroatoms. The number of likely N-dealkylation sites (tertiary alicyclic amines) is 1. The second kappa shape index (κ2) is 8.35. The Morgan fingerprint density at radius 3 is 2.41 bits per heavy atom. The molecule has 152 valence electrons. The number of carbonyl (C=O) groups is 3. The fourth-order valence-corrected chi connectivity index (χ4v) is 4.55. The molecule has 7 nitrogen and oxygen atoms in total. The van der Waals surface area contributed by atoms with Crippen molar-refractivity contribution in [2.24, 2.45) is 5.92 Å². The molecule has 2 N–H and O–H groups in total. The highest BCUT2D eigenvalue weighted by molar-refractivity contribution is 6.07. The lowest BCUT2D eigenvalue weighted by molar-refractivity contribution is -0.134. The zero-order valence-corrected chi connectivity index (χ0v) is 16.7. The van der Waals surface area contributed by atoms with Crippen molar-refractivity contribution in [3.05, 3.63) is 0 Å². The molecule has 1 spiro atoms. The third-order valence-electron chi connectivity index (χ3n) is 6.49. The summed E-state index contributed by atoms with van der Waals surface area (Å²) >= 11 is 0. The molecule has 0 atom stereocenters. The lowest BCUT2D eigenvalue weighted by Crippen LogP contribution is -2.46. The number of imide groups is 1. The predicted molar refractivity (Wildman–Crippen MR) is 104 cm³/mol. The summed E-state index contributed by atoms with van der Waals surface area (Å²) in [7, 11) is 0. The van der Waals surface area contributed by atoms with Crippen molar-refractivity contribution in [3.8, 4) is 0 Å². The van der Waals surface area contributed by atoms with Gasteiger partial charge < -0.3 is 15.5 Å². The van der Waals surface area contributed by atoms with E-state index in [1.54, 1.807) is 0 Å². The molecule has 0 aromatic rings. The molecular weight excluding hydrogens is 368 g/mol. The normalized spacial score (nSPS) is 25.0. The van der Waals surface area contributed by atoms with Gasteiger partial charge in [-0.25, -0.2) is 4.79 Å². The number of hydrogen-bond donors (Lipinski definition) is 2. The number of nitrogens with one attached hydrogen (secondary N) is 2. The van der Waals surface area contributed by atoms with Crippen LogP contribution in [0.2, 0.25) is 0 Å². The number of amides is 4. The summed E-state index contributed by atoms with van der Waals surface area (Å²) in [4.78, 5) is 40.4. The van der Waals surface area contributed by atoms with Gasteiger partial charge in [-0.3, -0.25) is 14.5 Å². The Hall–Kier alpha value is -1.34. The third-order valence-corrected chi connectivity index (χ3v) is 6.49. The summed E-state index contributed by atoms with van der Waals surface area (Å²) in [6.45, 7) is 2.86. The Bertz CT molecular complexity index is 582. The number of nitrogens with zero attached hydrogens (tertiary/aromatic N) is 2. The van der Waals surface area contributed by atoms with Gasteiger partial charge in [0, 0.05) is 32.1 Å². The van der Waals surface area contributed by atoms with E-state index in [2.05, 4.69) is 10.6 Å². The minimum Gasteiger partial charge on any atom is -0.343 e. The molecule has 4 aliphatic rings. The van der Waals surface area contributed by atoms with E-state index in [0.29, 0.717) is 6.04 Å². The first-order chi connectivity index (χ1) is 12.6. The summed E-state index contributed by atoms with van der Waals surface area (Å²) < 4.78 is 0. The minimum absolute atomic E-state index is 0. The maximum atomic E-state index is 12.6. The Balaban J connectivity index is 0.00000210. The highest BCUT2D eigenvalue weighted by Gasteiger charge is 2.52. The number of halogens is 1. The second-order valence-electron chi connectivity index (χ2n) is 8.43. The van der Waals surface area contributed by atoms with Crippen LogP contribution in [0.5, 0.6) is 0 Å². The molecule has 4 rings (SSSR count). The molecule has 2 heterocycles. The van der Waals surface area contributed by atoms with Crippen molar-refractivity contribution < 1.29 is 14.4 Å². The molecule has 0 aromatic heterocycles. The Labute approximate surface area is 167 Å².